The zero-order valence-corrected chi connectivity index (χ0v) is 14.3. The average molecular weight is 343 g/mol. The van der Waals surface area contributed by atoms with Crippen LogP contribution in [0, 0.1) is 11.3 Å². The van der Waals surface area contributed by atoms with Crippen molar-refractivity contribution in [1.82, 2.24) is 15.0 Å². The highest BCUT2D eigenvalue weighted by Gasteiger charge is 2.10. The van der Waals surface area contributed by atoms with Gasteiger partial charge in [0.05, 0.1) is 18.2 Å². The molecule has 0 saturated carbocycles. The maximum absolute atomic E-state index is 12.3. The number of pyridine rings is 1. The summed E-state index contributed by atoms with van der Waals surface area (Å²) in [5.41, 5.74) is 2.63. The van der Waals surface area contributed by atoms with E-state index < -0.39 is 0 Å². The van der Waals surface area contributed by atoms with Crippen molar-refractivity contribution in [1.29, 1.82) is 5.26 Å². The summed E-state index contributed by atoms with van der Waals surface area (Å²) in [5.74, 6) is 1.03. The number of nitrogens with zero attached hydrogens (tertiary/aromatic N) is 4. The molecule has 0 saturated heterocycles. The van der Waals surface area contributed by atoms with E-state index in [1.807, 2.05) is 37.3 Å². The van der Waals surface area contributed by atoms with Gasteiger partial charge in [-0.05, 0) is 30.7 Å². The molecule has 0 radical (unpaired) electrons. The van der Waals surface area contributed by atoms with Crippen molar-refractivity contribution < 1.29 is 4.79 Å². The van der Waals surface area contributed by atoms with E-state index in [2.05, 4.69) is 20.3 Å². The second kappa shape index (κ2) is 7.99. The van der Waals surface area contributed by atoms with Crippen molar-refractivity contribution in [2.75, 3.05) is 11.9 Å². The number of ketones is 1. The summed E-state index contributed by atoms with van der Waals surface area (Å²) in [6.07, 6.45) is 2.44. The largest absolute Gasteiger partial charge is 0.362 e. The Balaban J connectivity index is 1.76. The van der Waals surface area contributed by atoms with Crippen LogP contribution in [0.1, 0.15) is 28.5 Å². The molecular weight excluding hydrogens is 326 g/mol. The molecule has 3 aromatic rings. The summed E-state index contributed by atoms with van der Waals surface area (Å²) in [6.45, 7) is 2.12. The van der Waals surface area contributed by atoms with E-state index in [1.54, 1.807) is 30.5 Å². The summed E-state index contributed by atoms with van der Waals surface area (Å²) >= 11 is 0. The van der Waals surface area contributed by atoms with Gasteiger partial charge >= 0.3 is 0 Å². The fourth-order valence-electron chi connectivity index (χ4n) is 2.38. The first-order valence-electron chi connectivity index (χ1n) is 8.26. The van der Waals surface area contributed by atoms with Crippen LogP contribution < -0.4 is 5.32 Å². The Morgan fingerprint density at radius 3 is 2.62 bits per heavy atom. The molecule has 0 spiro atoms. The van der Waals surface area contributed by atoms with Crippen LogP contribution in [-0.2, 0) is 6.42 Å². The minimum absolute atomic E-state index is 0.0782. The maximum atomic E-state index is 12.3. The van der Waals surface area contributed by atoms with Crippen LogP contribution >= 0.6 is 0 Å². The Morgan fingerprint density at radius 1 is 1.15 bits per heavy atom. The highest BCUT2D eigenvalue weighted by molar-refractivity contribution is 5.98. The smallest absolute Gasteiger partial charge is 0.181 e. The van der Waals surface area contributed by atoms with E-state index in [0.29, 0.717) is 28.5 Å². The van der Waals surface area contributed by atoms with Crippen molar-refractivity contribution in [3.05, 3.63) is 71.5 Å². The fourth-order valence-corrected chi connectivity index (χ4v) is 2.38. The number of aromatic nitrogens is 3. The average Bonchev–Trinajstić information content (AvgIpc) is 2.72. The number of hydrogen-bond donors (Lipinski definition) is 1. The van der Waals surface area contributed by atoms with Crippen molar-refractivity contribution in [2.45, 2.75) is 13.3 Å². The summed E-state index contributed by atoms with van der Waals surface area (Å²) in [4.78, 5) is 25.6. The monoisotopic (exact) mass is 343 g/mol. The fraction of sp³-hybridized carbons (Fsp3) is 0.150. The van der Waals surface area contributed by atoms with Gasteiger partial charge in [-0.25, -0.2) is 9.97 Å². The number of aryl methyl sites for hydroxylation is 1. The topological polar surface area (TPSA) is 91.6 Å². The quantitative estimate of drug-likeness (QED) is 0.691. The van der Waals surface area contributed by atoms with Gasteiger partial charge in [0.2, 0.25) is 0 Å². The van der Waals surface area contributed by atoms with Crippen molar-refractivity contribution in [3.8, 4) is 17.6 Å². The minimum Gasteiger partial charge on any atom is -0.362 e. The normalized spacial score (nSPS) is 10.2. The molecule has 0 aliphatic carbocycles. The number of Topliss-reactive ketones (excluding diaryl/α,β-unsaturated/α-hetero) is 1. The third-order valence-corrected chi connectivity index (χ3v) is 3.80. The molecule has 0 atom stereocenters. The molecule has 1 aromatic carbocycles. The van der Waals surface area contributed by atoms with Gasteiger partial charge in [0.1, 0.15) is 11.5 Å². The lowest BCUT2D eigenvalue weighted by Crippen LogP contribution is -2.15. The molecule has 128 valence electrons. The van der Waals surface area contributed by atoms with Gasteiger partial charge in [-0.15, -0.1) is 0 Å². The maximum Gasteiger partial charge on any atom is 0.181 e. The number of carbonyl (C=O) groups excluding carboxylic acids is 1. The first-order valence-corrected chi connectivity index (χ1v) is 8.26. The lowest BCUT2D eigenvalue weighted by Gasteiger charge is -2.09. The SMILES string of the molecule is CCc1cc(NCC(=O)c2ccc(C#N)cc2)nc(-c2ccccn2)n1. The number of nitrogens with one attached hydrogen (secondary N) is 1. The number of anilines is 1. The molecule has 2 aromatic heterocycles. The molecule has 0 unspecified atom stereocenters. The van der Waals surface area contributed by atoms with Gasteiger partial charge in [0.15, 0.2) is 11.6 Å². The minimum atomic E-state index is -0.0782. The second-order valence-corrected chi connectivity index (χ2v) is 5.60. The van der Waals surface area contributed by atoms with Crippen LogP contribution in [0.25, 0.3) is 11.5 Å². The van der Waals surface area contributed by atoms with Gasteiger partial charge in [-0.1, -0.05) is 25.1 Å². The lowest BCUT2D eigenvalue weighted by molar-refractivity contribution is 0.101. The molecule has 26 heavy (non-hydrogen) atoms. The number of nitriles is 1. The first-order chi connectivity index (χ1) is 12.7. The van der Waals surface area contributed by atoms with E-state index in [1.165, 1.54) is 0 Å². The van der Waals surface area contributed by atoms with Crippen LogP contribution in [0.4, 0.5) is 5.82 Å². The molecular formula is C20H17N5O. The van der Waals surface area contributed by atoms with Crippen LogP contribution in [0.3, 0.4) is 0 Å². The third kappa shape index (κ3) is 4.08. The highest BCUT2D eigenvalue weighted by atomic mass is 16.1. The van der Waals surface area contributed by atoms with E-state index >= 15 is 0 Å². The molecule has 6 heteroatoms. The van der Waals surface area contributed by atoms with Crippen LogP contribution in [-0.4, -0.2) is 27.3 Å². The molecule has 0 aliphatic rings. The number of hydrogen-bond acceptors (Lipinski definition) is 6. The molecule has 1 N–H and O–H groups in total. The number of carbonyl (C=O) groups is 1. The van der Waals surface area contributed by atoms with Crippen LogP contribution in [0.15, 0.2) is 54.7 Å². The van der Waals surface area contributed by atoms with Crippen LogP contribution in [0.5, 0.6) is 0 Å². The van der Waals surface area contributed by atoms with E-state index in [-0.39, 0.29) is 12.3 Å². The molecule has 6 nitrogen and oxygen atoms in total. The van der Waals surface area contributed by atoms with E-state index in [4.69, 9.17) is 5.26 Å². The number of benzene rings is 1. The molecule has 2 heterocycles. The Labute approximate surface area is 151 Å². The predicted molar refractivity (Wildman–Crippen MR) is 98.6 cm³/mol. The molecule has 3 rings (SSSR count). The van der Waals surface area contributed by atoms with Gasteiger partial charge < -0.3 is 5.32 Å². The third-order valence-electron chi connectivity index (χ3n) is 3.80. The van der Waals surface area contributed by atoms with Crippen molar-refractivity contribution in [2.24, 2.45) is 0 Å². The Morgan fingerprint density at radius 2 is 1.96 bits per heavy atom. The highest BCUT2D eigenvalue weighted by Crippen LogP contribution is 2.16. The lowest BCUT2D eigenvalue weighted by atomic mass is 10.1. The second-order valence-electron chi connectivity index (χ2n) is 5.60. The van der Waals surface area contributed by atoms with Crippen molar-refractivity contribution in [3.63, 3.8) is 0 Å². The van der Waals surface area contributed by atoms with Gasteiger partial charge in [-0.3, -0.25) is 9.78 Å². The van der Waals surface area contributed by atoms with Gasteiger partial charge in [-0.2, -0.15) is 5.26 Å². The zero-order chi connectivity index (χ0) is 18.4. The van der Waals surface area contributed by atoms with Crippen LogP contribution in [0.2, 0.25) is 0 Å². The molecule has 0 aliphatic heterocycles. The van der Waals surface area contributed by atoms with E-state index in [0.717, 1.165) is 12.1 Å². The predicted octanol–water partition coefficient (Wildman–Crippen LogP) is 3.27. The molecule has 0 amide bonds. The first kappa shape index (κ1) is 17.2. The van der Waals surface area contributed by atoms with Gasteiger partial charge in [0, 0.05) is 23.5 Å². The van der Waals surface area contributed by atoms with Gasteiger partial charge in [0.25, 0.3) is 0 Å². The van der Waals surface area contributed by atoms with E-state index in [9.17, 15) is 4.79 Å². The molecule has 0 fully saturated rings. The Bertz CT molecular complexity index is 946. The summed E-state index contributed by atoms with van der Waals surface area (Å²) in [7, 11) is 0. The standard InChI is InChI=1S/C20H17N5O/c1-2-16-11-19(25-20(24-16)17-5-3-4-10-22-17)23-13-18(26)15-8-6-14(12-21)7-9-15/h3-11H,2,13H2,1H3,(H,23,24,25). The number of rotatable bonds is 6. The summed E-state index contributed by atoms with van der Waals surface area (Å²) in [6, 6.07) is 16.0. The summed E-state index contributed by atoms with van der Waals surface area (Å²) in [5, 5.41) is 11.9. The summed E-state index contributed by atoms with van der Waals surface area (Å²) < 4.78 is 0. The Kier molecular flexibility index (Phi) is 5.30. The zero-order valence-electron chi connectivity index (χ0n) is 14.3. The van der Waals surface area contributed by atoms with Crippen molar-refractivity contribution >= 4 is 11.6 Å². The Hall–Kier alpha value is -3.59. The molecule has 0 bridgehead atoms.